The van der Waals surface area contributed by atoms with E-state index in [0.717, 1.165) is 5.56 Å². The summed E-state index contributed by atoms with van der Waals surface area (Å²) in [5, 5.41) is 7.60. The molecule has 0 spiro atoms. The molecule has 0 bridgehead atoms. The number of rotatable bonds is 10. The molecule has 2 aromatic heterocycles. The van der Waals surface area contributed by atoms with Crippen molar-refractivity contribution in [2.24, 2.45) is 0 Å². The Hall–Kier alpha value is -2.60. The van der Waals surface area contributed by atoms with Crippen molar-refractivity contribution in [3.63, 3.8) is 0 Å². The van der Waals surface area contributed by atoms with E-state index in [0.29, 0.717) is 17.3 Å². The number of hydrogen-bond donors (Lipinski definition) is 1. The van der Waals surface area contributed by atoms with Crippen molar-refractivity contribution in [2.75, 3.05) is 18.9 Å². The van der Waals surface area contributed by atoms with Crippen molar-refractivity contribution >= 4 is 27.6 Å². The number of benzene rings is 1. The van der Waals surface area contributed by atoms with Crippen LogP contribution in [0.2, 0.25) is 5.02 Å². The van der Waals surface area contributed by atoms with Gasteiger partial charge in [0.05, 0.1) is 5.02 Å². The zero-order valence-corrected chi connectivity index (χ0v) is 19.7. The van der Waals surface area contributed by atoms with Crippen LogP contribution in [0.4, 0.5) is 5.95 Å². The quantitative estimate of drug-likeness (QED) is 0.468. The van der Waals surface area contributed by atoms with E-state index in [1.54, 1.807) is 11.7 Å². The number of methoxy groups -OCH3 is 2. The van der Waals surface area contributed by atoms with Gasteiger partial charge in [0.1, 0.15) is 17.6 Å². The highest BCUT2D eigenvalue weighted by molar-refractivity contribution is 7.93. The topological polar surface area (TPSA) is 121 Å². The number of nitrogens with one attached hydrogen (secondary N) is 1. The molecule has 0 aliphatic rings. The Bertz CT molecular complexity index is 1120. The fraction of sp³-hybridized carbons (Fsp3) is 0.400. The lowest BCUT2D eigenvalue weighted by Crippen LogP contribution is -2.34. The van der Waals surface area contributed by atoms with Gasteiger partial charge < -0.3 is 9.47 Å². The number of sulfonamides is 1. The minimum atomic E-state index is -3.99. The van der Waals surface area contributed by atoms with E-state index in [1.807, 2.05) is 37.3 Å². The van der Waals surface area contributed by atoms with Crippen molar-refractivity contribution in [3.8, 4) is 11.4 Å². The summed E-state index contributed by atoms with van der Waals surface area (Å²) in [7, 11) is -1.06. The summed E-state index contributed by atoms with van der Waals surface area (Å²) in [6.07, 6.45) is 1.93. The molecule has 0 aliphatic heterocycles. The van der Waals surface area contributed by atoms with Crippen LogP contribution in [-0.2, 0) is 19.5 Å². The Morgan fingerprint density at radius 2 is 1.75 bits per heavy atom. The molecule has 0 fully saturated rings. The second kappa shape index (κ2) is 10.3. The van der Waals surface area contributed by atoms with Crippen molar-refractivity contribution in [3.05, 3.63) is 53.6 Å². The summed E-state index contributed by atoms with van der Waals surface area (Å²) in [5.74, 6) is 0.717. The Kier molecular flexibility index (Phi) is 7.77. The maximum atomic E-state index is 13.2. The lowest BCUT2D eigenvalue weighted by Gasteiger charge is -2.23. The van der Waals surface area contributed by atoms with Gasteiger partial charge in [-0.15, -0.1) is 10.2 Å². The first kappa shape index (κ1) is 24.1. The SMILES string of the molecule is CCC(OC)n1c(NS(=O)(=O)[C@@H](C)[C@H](OC)c2ncc(Cl)cn2)nnc1-c1ccccc1. The highest BCUT2D eigenvalue weighted by Crippen LogP contribution is 2.29. The first-order chi connectivity index (χ1) is 15.3. The highest BCUT2D eigenvalue weighted by Gasteiger charge is 2.34. The Morgan fingerprint density at radius 1 is 1.09 bits per heavy atom. The van der Waals surface area contributed by atoms with Gasteiger partial charge in [0.2, 0.25) is 16.0 Å². The van der Waals surface area contributed by atoms with E-state index in [4.69, 9.17) is 21.1 Å². The second-order valence-electron chi connectivity index (χ2n) is 6.95. The van der Waals surface area contributed by atoms with Crippen molar-refractivity contribution in [1.82, 2.24) is 24.7 Å². The molecule has 1 N–H and O–H groups in total. The zero-order valence-electron chi connectivity index (χ0n) is 18.1. The van der Waals surface area contributed by atoms with E-state index in [1.165, 1.54) is 26.4 Å². The van der Waals surface area contributed by atoms with E-state index in [9.17, 15) is 8.42 Å². The number of nitrogens with zero attached hydrogens (tertiary/aromatic N) is 5. The fourth-order valence-corrected chi connectivity index (χ4v) is 4.47. The largest absolute Gasteiger partial charge is 0.372 e. The first-order valence-electron chi connectivity index (χ1n) is 9.87. The summed E-state index contributed by atoms with van der Waals surface area (Å²) >= 11 is 5.84. The Balaban J connectivity index is 1.97. The van der Waals surface area contributed by atoms with Crippen LogP contribution in [0.5, 0.6) is 0 Å². The average Bonchev–Trinajstić information content (AvgIpc) is 3.19. The zero-order chi connectivity index (χ0) is 23.3. The standard InChI is InChI=1S/C20H25ClN6O4S/c1-5-16(30-3)27-19(14-9-7-6-8-10-14)24-25-20(27)26-32(28,29)13(2)17(31-4)18-22-11-15(21)12-23-18/h6-13,16-17H,5H2,1-4H3,(H,25,26)/t13-,16?,17-/m0/s1. The van der Waals surface area contributed by atoms with Crippen LogP contribution in [0.1, 0.15) is 38.4 Å². The van der Waals surface area contributed by atoms with Gasteiger partial charge in [0.25, 0.3) is 0 Å². The molecule has 10 nitrogen and oxygen atoms in total. The number of anilines is 1. The van der Waals surface area contributed by atoms with Crippen LogP contribution in [-0.4, -0.2) is 52.6 Å². The maximum absolute atomic E-state index is 13.2. The summed E-state index contributed by atoms with van der Waals surface area (Å²) in [6, 6.07) is 9.34. The summed E-state index contributed by atoms with van der Waals surface area (Å²) < 4.78 is 41.6. The summed E-state index contributed by atoms with van der Waals surface area (Å²) in [4.78, 5) is 8.19. The molecule has 0 aliphatic carbocycles. The third kappa shape index (κ3) is 5.07. The smallest absolute Gasteiger partial charge is 0.240 e. The van der Waals surface area contributed by atoms with Crippen LogP contribution >= 0.6 is 11.6 Å². The van der Waals surface area contributed by atoms with Crippen molar-refractivity contribution < 1.29 is 17.9 Å². The molecule has 2 heterocycles. The van der Waals surface area contributed by atoms with E-state index >= 15 is 0 Å². The third-order valence-corrected chi connectivity index (χ3v) is 6.82. The Morgan fingerprint density at radius 3 is 2.31 bits per heavy atom. The number of halogens is 1. The summed E-state index contributed by atoms with van der Waals surface area (Å²) in [5.41, 5.74) is 0.776. The lowest BCUT2D eigenvalue weighted by molar-refractivity contribution is 0.0438. The number of hydrogen-bond acceptors (Lipinski definition) is 8. The van der Waals surface area contributed by atoms with Gasteiger partial charge in [-0.2, -0.15) is 0 Å². The molecular weight excluding hydrogens is 456 g/mol. The van der Waals surface area contributed by atoms with Crippen molar-refractivity contribution in [1.29, 1.82) is 0 Å². The molecule has 1 aromatic carbocycles. The van der Waals surface area contributed by atoms with Crippen LogP contribution in [0.25, 0.3) is 11.4 Å². The molecule has 0 radical (unpaired) electrons. The number of aromatic nitrogens is 5. The minimum Gasteiger partial charge on any atom is -0.372 e. The first-order valence-corrected chi connectivity index (χ1v) is 11.8. The lowest BCUT2D eigenvalue weighted by atomic mass is 10.2. The molecule has 1 unspecified atom stereocenters. The van der Waals surface area contributed by atoms with Crippen LogP contribution < -0.4 is 4.72 Å². The van der Waals surface area contributed by atoms with Crippen LogP contribution in [0.3, 0.4) is 0 Å². The van der Waals surface area contributed by atoms with Gasteiger partial charge in [-0.05, 0) is 13.3 Å². The van der Waals surface area contributed by atoms with E-state index in [-0.39, 0.29) is 11.8 Å². The monoisotopic (exact) mass is 480 g/mol. The van der Waals surface area contributed by atoms with E-state index < -0.39 is 27.6 Å². The molecule has 172 valence electrons. The molecule has 3 atom stereocenters. The molecule has 12 heteroatoms. The second-order valence-corrected chi connectivity index (χ2v) is 9.42. The van der Waals surface area contributed by atoms with Crippen LogP contribution in [0, 0.1) is 0 Å². The van der Waals surface area contributed by atoms with Crippen molar-refractivity contribution in [2.45, 2.75) is 37.9 Å². The van der Waals surface area contributed by atoms with Gasteiger partial charge in [0.15, 0.2) is 11.6 Å². The molecule has 0 saturated carbocycles. The molecule has 32 heavy (non-hydrogen) atoms. The molecular formula is C20H25ClN6O4S. The van der Waals surface area contributed by atoms with Gasteiger partial charge in [0, 0.05) is 32.2 Å². The summed E-state index contributed by atoms with van der Waals surface area (Å²) in [6.45, 7) is 3.42. The maximum Gasteiger partial charge on any atom is 0.240 e. The molecule has 0 amide bonds. The van der Waals surface area contributed by atoms with Crippen LogP contribution in [0.15, 0.2) is 42.7 Å². The molecule has 3 rings (SSSR count). The minimum absolute atomic E-state index is 0.0382. The predicted octanol–water partition coefficient (Wildman–Crippen LogP) is 3.46. The predicted molar refractivity (Wildman–Crippen MR) is 121 cm³/mol. The normalized spacial score (nSPS) is 14.7. The fourth-order valence-electron chi connectivity index (χ4n) is 3.23. The van der Waals surface area contributed by atoms with E-state index in [2.05, 4.69) is 24.9 Å². The molecule has 3 aromatic rings. The van der Waals surface area contributed by atoms with Gasteiger partial charge >= 0.3 is 0 Å². The van der Waals surface area contributed by atoms with Gasteiger partial charge in [-0.25, -0.2) is 18.4 Å². The Labute approximate surface area is 192 Å². The van der Waals surface area contributed by atoms with Gasteiger partial charge in [-0.1, -0.05) is 48.9 Å². The average molecular weight is 481 g/mol. The number of ether oxygens (including phenoxy) is 2. The third-order valence-electron chi connectivity index (χ3n) is 4.94. The van der Waals surface area contributed by atoms with Gasteiger partial charge in [-0.3, -0.25) is 9.29 Å². The molecule has 0 saturated heterocycles. The highest BCUT2D eigenvalue weighted by atomic mass is 35.5.